The molecule has 0 aliphatic rings. The molecule has 3 aromatic carbocycles. The van der Waals surface area contributed by atoms with Crippen molar-refractivity contribution in [1.29, 1.82) is 0 Å². The number of hydrogen-bond donors (Lipinski definition) is 3. The third-order valence-corrected chi connectivity index (χ3v) is 7.10. The van der Waals surface area contributed by atoms with E-state index < -0.39 is 0 Å². The molecule has 0 radical (unpaired) electrons. The molecule has 0 aromatic heterocycles. The molecular formula is C22H21Br2N3O5S. The Morgan fingerprint density at radius 2 is 1.97 bits per heavy atom. The average molecular weight is 599 g/mol. The van der Waals surface area contributed by atoms with E-state index in [1.165, 1.54) is 6.21 Å². The summed E-state index contributed by atoms with van der Waals surface area (Å²) in [5.41, 5.74) is 4.65. The first-order valence-corrected chi connectivity index (χ1v) is 12.2. The first-order chi connectivity index (χ1) is 15.9. The van der Waals surface area contributed by atoms with Crippen LogP contribution in [0.5, 0.6) is 5.75 Å². The molecule has 3 aromatic rings. The number of benzene rings is 3. The Kier molecular flexibility index (Phi) is 9.53. The molecule has 0 saturated carbocycles. The Labute approximate surface area is 211 Å². The number of carbonyl (C=O) groups is 1. The molecule has 0 unspecified atom stereocenters. The van der Waals surface area contributed by atoms with Crippen molar-refractivity contribution < 1.29 is 24.5 Å². The van der Waals surface area contributed by atoms with Gasteiger partial charge in [0.1, 0.15) is 5.75 Å². The van der Waals surface area contributed by atoms with Crippen LogP contribution in [0.15, 0.2) is 62.6 Å². The van der Waals surface area contributed by atoms with Gasteiger partial charge in [0, 0.05) is 40.1 Å². The van der Waals surface area contributed by atoms with Gasteiger partial charge in [-0.05, 0) is 57.4 Å². The summed E-state index contributed by atoms with van der Waals surface area (Å²) in [6.07, 6.45) is 1.38. The molecule has 11 heteroatoms. The van der Waals surface area contributed by atoms with E-state index in [2.05, 4.69) is 51.8 Å². The van der Waals surface area contributed by atoms with E-state index in [0.717, 1.165) is 38.5 Å². The van der Waals surface area contributed by atoms with Crippen molar-refractivity contribution in [3.05, 3.63) is 68.6 Å². The lowest BCUT2D eigenvalue weighted by Crippen LogP contribution is -2.36. The maximum absolute atomic E-state index is 12.6. The molecule has 0 aliphatic heterocycles. The van der Waals surface area contributed by atoms with Crippen LogP contribution in [-0.4, -0.2) is 41.3 Å². The van der Waals surface area contributed by atoms with E-state index in [-0.39, 0.29) is 18.2 Å². The number of rotatable bonds is 10. The topological polar surface area (TPSA) is 104 Å². The van der Waals surface area contributed by atoms with Gasteiger partial charge in [0.15, 0.2) is 0 Å². The van der Waals surface area contributed by atoms with Crippen molar-refractivity contribution >= 4 is 72.5 Å². The number of anilines is 1. The molecule has 3 N–H and O–H groups in total. The maximum Gasteiger partial charge on any atom is 0.259 e. The number of hydrazone groups is 1. The van der Waals surface area contributed by atoms with Crippen LogP contribution in [0.2, 0.25) is 0 Å². The molecule has 3 rings (SSSR count). The third-order valence-electron chi connectivity index (χ3n) is 4.80. The fraction of sp³-hybridized carbons (Fsp3) is 0.182. The van der Waals surface area contributed by atoms with Crippen LogP contribution in [0.25, 0.3) is 10.8 Å². The van der Waals surface area contributed by atoms with Gasteiger partial charge >= 0.3 is 0 Å². The lowest BCUT2D eigenvalue weighted by atomic mass is 10.1. The van der Waals surface area contributed by atoms with Crippen LogP contribution in [0.1, 0.15) is 11.1 Å². The zero-order chi connectivity index (χ0) is 23.8. The van der Waals surface area contributed by atoms with Crippen molar-refractivity contribution in [2.45, 2.75) is 6.92 Å². The van der Waals surface area contributed by atoms with Gasteiger partial charge in [-0.3, -0.25) is 4.79 Å². The van der Waals surface area contributed by atoms with Crippen LogP contribution >= 0.6 is 43.9 Å². The van der Waals surface area contributed by atoms with Crippen LogP contribution in [0.3, 0.4) is 0 Å². The largest absolute Gasteiger partial charge is 0.506 e. The van der Waals surface area contributed by atoms with Crippen molar-refractivity contribution in [1.82, 2.24) is 5.43 Å². The first kappa shape index (κ1) is 25.5. The molecule has 1 amide bonds. The van der Waals surface area contributed by atoms with Gasteiger partial charge in [0.25, 0.3) is 5.91 Å². The zero-order valence-electron chi connectivity index (χ0n) is 17.5. The number of carbonyl (C=O) groups excluding carboxylic acids is 1. The average Bonchev–Trinajstić information content (AvgIpc) is 2.82. The number of hydrogen-bond acceptors (Lipinski definition) is 8. The van der Waals surface area contributed by atoms with Crippen LogP contribution in [0, 0.1) is 6.92 Å². The number of aromatic hydroxyl groups is 1. The molecule has 0 atom stereocenters. The van der Waals surface area contributed by atoms with E-state index in [0.29, 0.717) is 22.3 Å². The van der Waals surface area contributed by atoms with Gasteiger partial charge in [-0.2, -0.15) is 5.10 Å². The minimum Gasteiger partial charge on any atom is -0.506 e. The van der Waals surface area contributed by atoms with E-state index in [9.17, 15) is 9.90 Å². The van der Waals surface area contributed by atoms with Crippen molar-refractivity contribution in [2.24, 2.45) is 5.10 Å². The minimum atomic E-state index is -0.339. The molecule has 174 valence electrons. The van der Waals surface area contributed by atoms with Gasteiger partial charge in [0.05, 0.1) is 17.2 Å². The summed E-state index contributed by atoms with van der Waals surface area (Å²) in [6, 6.07) is 15.6. The van der Waals surface area contributed by atoms with Crippen LogP contribution < -0.4 is 10.3 Å². The van der Waals surface area contributed by atoms with E-state index >= 15 is 0 Å². The van der Waals surface area contributed by atoms with E-state index in [1.807, 2.05) is 54.3 Å². The highest BCUT2D eigenvalue weighted by atomic mass is 79.9. The molecular weight excluding hydrogens is 578 g/mol. The van der Waals surface area contributed by atoms with Gasteiger partial charge in [-0.1, -0.05) is 51.3 Å². The summed E-state index contributed by atoms with van der Waals surface area (Å²) in [5.74, 6) is 0.131. The third kappa shape index (κ3) is 6.92. The number of nitrogens with zero attached hydrogens (tertiary/aromatic N) is 2. The Morgan fingerprint density at radius 3 is 2.73 bits per heavy atom. The molecule has 0 fully saturated rings. The quantitative estimate of drug-likeness (QED) is 0.0943. The number of halogens is 2. The fourth-order valence-electron chi connectivity index (χ4n) is 3.08. The van der Waals surface area contributed by atoms with Crippen LogP contribution in [-0.2, 0) is 14.2 Å². The molecule has 8 nitrogen and oxygen atoms in total. The lowest BCUT2D eigenvalue weighted by Gasteiger charge is -2.23. The highest BCUT2D eigenvalue weighted by Gasteiger charge is 2.13. The summed E-state index contributed by atoms with van der Waals surface area (Å²) in [7, 11) is 0. The van der Waals surface area contributed by atoms with E-state index in [4.69, 9.17) is 5.26 Å². The van der Waals surface area contributed by atoms with Gasteiger partial charge in [-0.15, -0.1) is 4.33 Å². The molecule has 33 heavy (non-hydrogen) atoms. The standard InChI is InChI=1S/C22H21Br2N3O5S/c1-14-19(23)11-17(22(29)21(14)24)12-25-26-20(28)13-27(8-9-33-32-31-30)18-7-6-15-4-2-3-5-16(15)10-18/h2-7,10-12,29-30H,8-9,13H2,1H3,(H,26,28)/b25-12+. The summed E-state index contributed by atoms with van der Waals surface area (Å²) in [5, 5.41) is 28.3. The van der Waals surface area contributed by atoms with Gasteiger partial charge in [-0.25, -0.2) is 10.7 Å². The highest BCUT2D eigenvalue weighted by molar-refractivity contribution is 9.11. The summed E-state index contributed by atoms with van der Waals surface area (Å²) in [4.78, 5) is 14.5. The van der Waals surface area contributed by atoms with Gasteiger partial charge < -0.3 is 10.0 Å². The number of amides is 1. The highest BCUT2D eigenvalue weighted by Crippen LogP contribution is 2.35. The predicted octanol–water partition coefficient (Wildman–Crippen LogP) is 5.40. The SMILES string of the molecule is Cc1c(Br)cc(/C=N/NC(=O)CN(CCSOOO)c2ccc3ccccc3c2)c(O)c1Br. The second kappa shape index (κ2) is 12.4. The van der Waals surface area contributed by atoms with E-state index in [1.54, 1.807) is 6.07 Å². The normalized spacial score (nSPS) is 11.3. The fourth-order valence-corrected chi connectivity index (χ4v) is 4.64. The van der Waals surface area contributed by atoms with Crippen molar-refractivity contribution in [3.8, 4) is 5.75 Å². The summed E-state index contributed by atoms with van der Waals surface area (Å²) in [6.45, 7) is 2.33. The van der Waals surface area contributed by atoms with Crippen LogP contribution in [0.4, 0.5) is 5.69 Å². The smallest absolute Gasteiger partial charge is 0.259 e. The lowest BCUT2D eigenvalue weighted by molar-refractivity contribution is -0.432. The second-order valence-electron chi connectivity index (χ2n) is 6.95. The first-order valence-electron chi connectivity index (χ1n) is 9.73. The number of phenols is 1. The molecule has 0 aliphatic carbocycles. The number of fused-ring (bicyclic) bond motifs is 1. The minimum absolute atomic E-state index is 0.0312. The summed E-state index contributed by atoms with van der Waals surface area (Å²) >= 11 is 7.68. The number of nitrogens with one attached hydrogen (secondary N) is 1. The van der Waals surface area contributed by atoms with Crippen molar-refractivity contribution in [3.63, 3.8) is 0 Å². The van der Waals surface area contributed by atoms with Crippen molar-refractivity contribution in [2.75, 3.05) is 23.7 Å². The number of phenolic OH excluding ortho intramolecular Hbond substituents is 1. The predicted molar refractivity (Wildman–Crippen MR) is 137 cm³/mol. The van der Waals surface area contributed by atoms with Gasteiger partial charge in [0.2, 0.25) is 0 Å². The molecule has 0 heterocycles. The Hall–Kier alpha value is -2.15. The Balaban J connectivity index is 1.71. The molecule has 0 spiro atoms. The molecule has 0 saturated heterocycles. The molecule has 0 bridgehead atoms. The second-order valence-corrected chi connectivity index (χ2v) is 9.37. The monoisotopic (exact) mass is 597 g/mol. The Bertz CT molecular complexity index is 1160. The maximum atomic E-state index is 12.6. The Morgan fingerprint density at radius 1 is 1.21 bits per heavy atom. The zero-order valence-corrected chi connectivity index (χ0v) is 21.5. The summed E-state index contributed by atoms with van der Waals surface area (Å²) < 4.78 is 5.79.